The fourth-order valence-corrected chi connectivity index (χ4v) is 0.987. The average Bonchev–Trinajstić information content (AvgIpc) is 2.23. The van der Waals surface area contributed by atoms with E-state index in [2.05, 4.69) is 16.1 Å². The van der Waals surface area contributed by atoms with Gasteiger partial charge in [-0.2, -0.15) is 26.3 Å². The Morgan fingerprint density at radius 2 is 1.62 bits per heavy atom. The molecular weight excluding hydrogens is 336 g/mol. The zero-order valence-electron chi connectivity index (χ0n) is 10.2. The Balaban J connectivity index is 0. The summed E-state index contributed by atoms with van der Waals surface area (Å²) in [7, 11) is -6.99. The molecule has 5 nitrogen and oxygen atoms in total. The van der Waals surface area contributed by atoms with Crippen molar-refractivity contribution in [2.45, 2.75) is 23.8 Å². The number of hydrogen-bond acceptors (Lipinski definition) is 5. The van der Waals surface area contributed by atoms with E-state index >= 15 is 0 Å². The predicted molar refractivity (Wildman–Crippen MR) is 46.7 cm³/mol. The molecule has 0 amide bonds. The Kier molecular flexibility index (Phi) is 7.97. The van der Waals surface area contributed by atoms with Gasteiger partial charge >= 0.3 is 36.3 Å². The molecule has 14 heteroatoms. The zero-order valence-corrected chi connectivity index (χ0v) is 11.0. The van der Waals surface area contributed by atoms with Crippen molar-refractivity contribution in [3.05, 3.63) is 12.7 Å². The molecule has 21 heavy (non-hydrogen) atoms. The van der Waals surface area contributed by atoms with Gasteiger partial charge in [0, 0.05) is 0 Å². The van der Waals surface area contributed by atoms with Crippen LogP contribution in [-0.4, -0.2) is 43.4 Å². The Labute approximate surface area is 126 Å². The topological polar surface area (TPSA) is 75.7 Å². The molecular formula is C7H6F7LiO5S. The molecule has 0 aromatic carbocycles. The Bertz CT molecular complexity index is 454. The minimum Gasteiger partial charge on any atom is -0.743 e. The third-order valence-electron chi connectivity index (χ3n) is 1.56. The summed E-state index contributed by atoms with van der Waals surface area (Å²) in [5.41, 5.74) is 0. The standard InChI is InChI=1S/C7H7F7O5S.Li/c1-2-3-18-5(9,10)4(8)19-6(11,12)7(13,14)20(15,16)17;/h2,4H,1,3H2,(H,15,16,17);/q;+1/p-1. The first kappa shape index (κ1) is 23.0. The van der Waals surface area contributed by atoms with Crippen LogP contribution in [0.4, 0.5) is 30.7 Å². The summed E-state index contributed by atoms with van der Waals surface area (Å²) >= 11 is 0. The van der Waals surface area contributed by atoms with Crippen molar-refractivity contribution in [2.75, 3.05) is 6.61 Å². The summed E-state index contributed by atoms with van der Waals surface area (Å²) in [4.78, 5) is 0. The minimum atomic E-state index is -6.99. The predicted octanol–water partition coefficient (Wildman–Crippen LogP) is -1.17. The Morgan fingerprint density at radius 3 is 1.95 bits per heavy atom. The van der Waals surface area contributed by atoms with Gasteiger partial charge in [-0.3, -0.25) is 4.74 Å². The van der Waals surface area contributed by atoms with Gasteiger partial charge in [-0.1, -0.05) is 6.08 Å². The van der Waals surface area contributed by atoms with E-state index in [0.29, 0.717) is 6.08 Å². The molecule has 1 atom stereocenters. The molecule has 0 aliphatic rings. The van der Waals surface area contributed by atoms with Gasteiger partial charge in [0.25, 0.3) is 6.36 Å². The smallest absolute Gasteiger partial charge is 0.743 e. The van der Waals surface area contributed by atoms with E-state index in [9.17, 15) is 43.7 Å². The summed E-state index contributed by atoms with van der Waals surface area (Å²) in [6.07, 6.45) is -15.3. The van der Waals surface area contributed by atoms with Crippen molar-refractivity contribution in [1.29, 1.82) is 0 Å². The normalized spacial score (nSPS) is 15.2. The first-order valence-corrected chi connectivity index (χ1v) is 5.75. The second kappa shape index (κ2) is 7.29. The number of hydrogen-bond donors (Lipinski definition) is 0. The third-order valence-corrected chi connectivity index (χ3v) is 2.43. The monoisotopic (exact) mass is 342 g/mol. The van der Waals surface area contributed by atoms with Gasteiger partial charge in [0.05, 0.1) is 6.61 Å². The maximum absolute atomic E-state index is 12.7. The largest absolute Gasteiger partial charge is 1.00 e. The van der Waals surface area contributed by atoms with Crippen molar-refractivity contribution in [1.82, 2.24) is 0 Å². The molecule has 0 aromatic heterocycles. The van der Waals surface area contributed by atoms with Gasteiger partial charge in [-0.05, 0) is 0 Å². The molecule has 0 fully saturated rings. The molecule has 0 saturated carbocycles. The second-order valence-electron chi connectivity index (χ2n) is 3.08. The Hall–Kier alpha value is -0.323. The number of alkyl halides is 7. The first-order valence-electron chi connectivity index (χ1n) is 4.34. The molecule has 0 spiro atoms. The number of rotatable bonds is 8. The summed E-state index contributed by atoms with van der Waals surface area (Å²) in [5, 5.41) is -6.46. The van der Waals surface area contributed by atoms with E-state index in [4.69, 9.17) is 0 Å². The van der Waals surface area contributed by atoms with E-state index in [1.54, 1.807) is 0 Å². The molecule has 0 heterocycles. The fourth-order valence-electron chi connectivity index (χ4n) is 0.648. The van der Waals surface area contributed by atoms with E-state index in [0.717, 1.165) is 0 Å². The molecule has 0 aromatic rings. The van der Waals surface area contributed by atoms with Crippen molar-refractivity contribution in [3.63, 3.8) is 0 Å². The van der Waals surface area contributed by atoms with Crippen molar-refractivity contribution in [3.8, 4) is 0 Å². The minimum absolute atomic E-state index is 0. The maximum Gasteiger partial charge on any atom is 1.00 e. The third kappa shape index (κ3) is 5.42. The van der Waals surface area contributed by atoms with Crippen LogP contribution in [0.3, 0.4) is 0 Å². The summed E-state index contributed by atoms with van der Waals surface area (Å²) in [6, 6.07) is 0. The van der Waals surface area contributed by atoms with Crippen LogP contribution in [0, 0.1) is 0 Å². The van der Waals surface area contributed by atoms with Crippen LogP contribution < -0.4 is 18.9 Å². The quantitative estimate of drug-likeness (QED) is 0.241. The van der Waals surface area contributed by atoms with Gasteiger partial charge in [0.1, 0.15) is 0 Å². The van der Waals surface area contributed by atoms with Crippen LogP contribution in [0.25, 0.3) is 0 Å². The molecule has 120 valence electrons. The van der Waals surface area contributed by atoms with Gasteiger partial charge < -0.3 is 9.29 Å². The molecule has 1 unspecified atom stereocenters. The number of halogens is 7. The maximum atomic E-state index is 12.7. The van der Waals surface area contributed by atoms with Crippen LogP contribution in [0.15, 0.2) is 12.7 Å². The van der Waals surface area contributed by atoms with Crippen LogP contribution in [-0.2, 0) is 19.6 Å². The SMILES string of the molecule is C=CCOC(F)(F)C(F)OC(F)(F)C(F)(F)S(=O)(=O)[O-].[Li+]. The first-order chi connectivity index (χ1) is 8.69. The summed E-state index contributed by atoms with van der Waals surface area (Å²) in [5.74, 6) is 0. The molecule has 0 aliphatic carbocycles. The van der Waals surface area contributed by atoms with Crippen LogP contribution in [0.5, 0.6) is 0 Å². The molecule has 0 radical (unpaired) electrons. The summed E-state index contributed by atoms with van der Waals surface area (Å²) in [6.45, 7) is 1.80. The van der Waals surface area contributed by atoms with Gasteiger partial charge in [0.15, 0.2) is 10.1 Å². The Morgan fingerprint density at radius 1 is 1.19 bits per heavy atom. The number of ether oxygens (including phenoxy) is 2. The van der Waals surface area contributed by atoms with Crippen LogP contribution in [0.1, 0.15) is 0 Å². The average molecular weight is 342 g/mol. The molecule has 0 aliphatic heterocycles. The zero-order chi connectivity index (χ0) is 16.4. The molecule has 0 bridgehead atoms. The molecule has 0 rings (SSSR count). The second-order valence-corrected chi connectivity index (χ2v) is 4.50. The van der Waals surface area contributed by atoms with E-state index in [1.807, 2.05) is 0 Å². The van der Waals surface area contributed by atoms with E-state index in [-0.39, 0.29) is 18.9 Å². The van der Waals surface area contributed by atoms with Gasteiger partial charge in [-0.25, -0.2) is 12.8 Å². The fraction of sp³-hybridized carbons (Fsp3) is 0.714. The van der Waals surface area contributed by atoms with Gasteiger partial charge in [-0.15, -0.1) is 6.58 Å². The van der Waals surface area contributed by atoms with Crippen LogP contribution >= 0.6 is 0 Å². The van der Waals surface area contributed by atoms with Crippen LogP contribution in [0.2, 0.25) is 0 Å². The molecule has 0 N–H and O–H groups in total. The van der Waals surface area contributed by atoms with Crippen molar-refractivity contribution >= 4 is 10.1 Å². The van der Waals surface area contributed by atoms with E-state index < -0.39 is 40.6 Å². The van der Waals surface area contributed by atoms with Gasteiger partial charge in [0.2, 0.25) is 0 Å². The summed E-state index contributed by atoms with van der Waals surface area (Å²) < 4.78 is 123. The molecule has 0 saturated heterocycles. The van der Waals surface area contributed by atoms with Crippen molar-refractivity contribution in [2.24, 2.45) is 0 Å². The van der Waals surface area contributed by atoms with Crippen molar-refractivity contribution < 1.29 is 72.0 Å². The van der Waals surface area contributed by atoms with E-state index in [1.165, 1.54) is 0 Å².